The first-order valence-corrected chi connectivity index (χ1v) is 6.74. The van der Waals surface area contributed by atoms with Gasteiger partial charge in [-0.2, -0.15) is 0 Å². The van der Waals surface area contributed by atoms with Gasteiger partial charge in [-0.1, -0.05) is 46.3 Å². The van der Waals surface area contributed by atoms with Crippen molar-refractivity contribution in [3.05, 3.63) is 46.4 Å². The first-order chi connectivity index (χ1) is 8.63. The van der Waals surface area contributed by atoms with Crippen molar-refractivity contribution in [1.82, 2.24) is 0 Å². The maximum absolute atomic E-state index is 11.4. The van der Waals surface area contributed by atoms with Gasteiger partial charge in [0.15, 0.2) is 0 Å². The van der Waals surface area contributed by atoms with Crippen LogP contribution in [0, 0.1) is 0 Å². The average Bonchev–Trinajstić information content (AvgIpc) is 2.41. The summed E-state index contributed by atoms with van der Waals surface area (Å²) in [5, 5.41) is 1.56. The maximum atomic E-state index is 11.4. The highest BCUT2D eigenvalue weighted by Crippen LogP contribution is 2.28. The van der Waals surface area contributed by atoms with E-state index in [0.717, 1.165) is 20.8 Å². The minimum atomic E-state index is -0.653. The summed E-state index contributed by atoms with van der Waals surface area (Å²) in [6.07, 6.45) is 0.460. The van der Waals surface area contributed by atoms with Crippen molar-refractivity contribution in [3.8, 4) is 0 Å². The molecule has 0 amide bonds. The third kappa shape index (κ3) is 2.68. The van der Waals surface area contributed by atoms with Crippen LogP contribution in [0.5, 0.6) is 0 Å². The second kappa shape index (κ2) is 5.72. The van der Waals surface area contributed by atoms with Crippen LogP contribution in [-0.2, 0) is 16.0 Å². The van der Waals surface area contributed by atoms with Crippen molar-refractivity contribution in [2.45, 2.75) is 11.8 Å². The standard InChI is InChI=1S/C14H12BrClO2/c1-18-14(17)13(16)8-9-6-7-12(15)11-5-3-2-4-10(9)11/h2-7,13H,8H2,1H3. The Balaban J connectivity index is 2.40. The van der Waals surface area contributed by atoms with Gasteiger partial charge in [-0.3, -0.25) is 4.79 Å². The molecule has 4 heteroatoms. The van der Waals surface area contributed by atoms with E-state index in [4.69, 9.17) is 11.6 Å². The number of benzene rings is 2. The minimum Gasteiger partial charge on any atom is -0.468 e. The normalized spacial score (nSPS) is 12.4. The fourth-order valence-corrected chi connectivity index (χ4v) is 2.64. The molecule has 0 radical (unpaired) electrons. The van der Waals surface area contributed by atoms with Crippen molar-refractivity contribution in [3.63, 3.8) is 0 Å². The molecule has 0 aliphatic rings. The summed E-state index contributed by atoms with van der Waals surface area (Å²) < 4.78 is 5.67. The molecule has 0 saturated carbocycles. The lowest BCUT2D eigenvalue weighted by atomic mass is 10.0. The van der Waals surface area contributed by atoms with Gasteiger partial charge in [-0.05, 0) is 22.4 Å². The summed E-state index contributed by atoms with van der Waals surface area (Å²) in [6, 6.07) is 12.0. The Morgan fingerprint density at radius 2 is 1.94 bits per heavy atom. The van der Waals surface area contributed by atoms with Crippen molar-refractivity contribution in [2.24, 2.45) is 0 Å². The van der Waals surface area contributed by atoms with Gasteiger partial charge in [0.1, 0.15) is 5.38 Å². The lowest BCUT2D eigenvalue weighted by Gasteiger charge is -2.11. The van der Waals surface area contributed by atoms with E-state index < -0.39 is 11.3 Å². The predicted octanol–water partition coefficient (Wildman–Crippen LogP) is 3.93. The van der Waals surface area contributed by atoms with Gasteiger partial charge in [-0.15, -0.1) is 11.6 Å². The van der Waals surface area contributed by atoms with E-state index in [1.54, 1.807) is 0 Å². The highest BCUT2D eigenvalue weighted by molar-refractivity contribution is 9.10. The molecule has 0 N–H and O–H groups in total. The molecule has 0 spiro atoms. The van der Waals surface area contributed by atoms with E-state index in [-0.39, 0.29) is 0 Å². The zero-order valence-electron chi connectivity index (χ0n) is 9.82. The highest BCUT2D eigenvalue weighted by atomic mass is 79.9. The Morgan fingerprint density at radius 3 is 2.61 bits per heavy atom. The number of carbonyl (C=O) groups excluding carboxylic acids is 1. The van der Waals surface area contributed by atoms with Crippen LogP contribution < -0.4 is 0 Å². The second-order valence-corrected chi connectivity index (χ2v) is 5.33. The van der Waals surface area contributed by atoms with Crippen LogP contribution in [0.25, 0.3) is 10.8 Å². The molecule has 1 atom stereocenters. The van der Waals surface area contributed by atoms with Crippen molar-refractivity contribution >= 4 is 44.3 Å². The number of ether oxygens (including phenoxy) is 1. The minimum absolute atomic E-state index is 0.399. The molecule has 2 nitrogen and oxygen atoms in total. The SMILES string of the molecule is COC(=O)C(Cl)Cc1ccc(Br)c2ccccc12. The first kappa shape index (κ1) is 13.4. The topological polar surface area (TPSA) is 26.3 Å². The lowest BCUT2D eigenvalue weighted by Crippen LogP contribution is -2.18. The number of carbonyl (C=O) groups is 1. The third-order valence-corrected chi connectivity index (χ3v) is 3.84. The molecule has 0 heterocycles. The molecule has 0 aromatic heterocycles. The smallest absolute Gasteiger partial charge is 0.324 e. The Labute approximate surface area is 119 Å². The summed E-state index contributed by atoms with van der Waals surface area (Å²) in [7, 11) is 1.34. The molecular formula is C14H12BrClO2. The number of halogens is 2. The van der Waals surface area contributed by atoms with Crippen molar-refractivity contribution in [2.75, 3.05) is 7.11 Å². The summed E-state index contributed by atoms with van der Waals surface area (Å²) in [5.41, 5.74) is 1.04. The summed E-state index contributed by atoms with van der Waals surface area (Å²) in [5.74, 6) is -0.399. The predicted molar refractivity (Wildman–Crippen MR) is 77.0 cm³/mol. The van der Waals surface area contributed by atoms with Gasteiger partial charge in [0, 0.05) is 10.9 Å². The van der Waals surface area contributed by atoms with E-state index in [1.807, 2.05) is 36.4 Å². The second-order valence-electron chi connectivity index (χ2n) is 3.95. The van der Waals surface area contributed by atoms with Crippen molar-refractivity contribution < 1.29 is 9.53 Å². The lowest BCUT2D eigenvalue weighted by molar-refractivity contribution is -0.140. The molecule has 0 saturated heterocycles. The molecule has 0 fully saturated rings. The number of alkyl halides is 1. The molecule has 2 rings (SSSR count). The Kier molecular flexibility index (Phi) is 4.25. The van der Waals surface area contributed by atoms with E-state index in [0.29, 0.717) is 6.42 Å². The van der Waals surface area contributed by atoms with E-state index in [1.165, 1.54) is 7.11 Å². The molecule has 1 unspecified atom stereocenters. The number of fused-ring (bicyclic) bond motifs is 1. The van der Waals surface area contributed by atoms with E-state index in [2.05, 4.69) is 20.7 Å². The Hall–Kier alpha value is -1.06. The van der Waals surface area contributed by atoms with Crippen LogP contribution in [0.4, 0.5) is 0 Å². The number of hydrogen-bond acceptors (Lipinski definition) is 2. The number of hydrogen-bond donors (Lipinski definition) is 0. The summed E-state index contributed by atoms with van der Waals surface area (Å²) in [4.78, 5) is 11.4. The quantitative estimate of drug-likeness (QED) is 0.631. The molecule has 0 aliphatic carbocycles. The van der Waals surface area contributed by atoms with Crippen LogP contribution in [0.1, 0.15) is 5.56 Å². The van der Waals surface area contributed by atoms with Crippen LogP contribution in [-0.4, -0.2) is 18.5 Å². The van der Waals surface area contributed by atoms with Gasteiger partial charge in [0.2, 0.25) is 0 Å². The van der Waals surface area contributed by atoms with Gasteiger partial charge in [-0.25, -0.2) is 0 Å². The molecular weight excluding hydrogens is 316 g/mol. The molecule has 0 aliphatic heterocycles. The fourth-order valence-electron chi connectivity index (χ4n) is 1.91. The van der Waals surface area contributed by atoms with Crippen LogP contribution >= 0.6 is 27.5 Å². The zero-order chi connectivity index (χ0) is 13.1. The van der Waals surface area contributed by atoms with Crippen LogP contribution in [0.15, 0.2) is 40.9 Å². The molecule has 2 aromatic carbocycles. The Morgan fingerprint density at radius 1 is 1.28 bits per heavy atom. The molecule has 94 valence electrons. The van der Waals surface area contributed by atoms with Gasteiger partial charge >= 0.3 is 5.97 Å². The van der Waals surface area contributed by atoms with Gasteiger partial charge in [0.25, 0.3) is 0 Å². The van der Waals surface area contributed by atoms with Crippen LogP contribution in [0.2, 0.25) is 0 Å². The van der Waals surface area contributed by atoms with Crippen molar-refractivity contribution in [1.29, 1.82) is 0 Å². The highest BCUT2D eigenvalue weighted by Gasteiger charge is 2.17. The van der Waals surface area contributed by atoms with Gasteiger partial charge in [0.05, 0.1) is 7.11 Å². The molecule has 18 heavy (non-hydrogen) atoms. The monoisotopic (exact) mass is 326 g/mol. The average molecular weight is 328 g/mol. The third-order valence-electron chi connectivity index (χ3n) is 2.82. The maximum Gasteiger partial charge on any atom is 0.324 e. The number of methoxy groups -OCH3 is 1. The largest absolute Gasteiger partial charge is 0.468 e. The van der Waals surface area contributed by atoms with E-state index >= 15 is 0 Å². The summed E-state index contributed by atoms with van der Waals surface area (Å²) in [6.45, 7) is 0. The van der Waals surface area contributed by atoms with Gasteiger partial charge < -0.3 is 4.74 Å². The molecule has 0 bridgehead atoms. The fraction of sp³-hybridized carbons (Fsp3) is 0.214. The number of esters is 1. The zero-order valence-corrected chi connectivity index (χ0v) is 12.2. The van der Waals surface area contributed by atoms with E-state index in [9.17, 15) is 4.79 Å². The first-order valence-electron chi connectivity index (χ1n) is 5.51. The summed E-state index contributed by atoms with van der Waals surface area (Å²) >= 11 is 9.54. The Bertz CT molecular complexity index is 583. The molecule has 2 aromatic rings. The number of rotatable bonds is 3. The van der Waals surface area contributed by atoms with Crippen LogP contribution in [0.3, 0.4) is 0 Å².